The van der Waals surface area contributed by atoms with Crippen LogP contribution in [-0.2, 0) is 12.8 Å². The molecule has 2 aliphatic carbocycles. The standard InChI is InChI=1S/C36H48N2/c1-5-35(37-4)30-19-21-38(22-20-30)32-16-13-28(14-17-32)25-34-33(29-11-9-7-6-8-10-12-29)18-15-31-24-26(2)23-27(3)36(31)34/h6-11,13-14,16-17,23-24,29-30,33-35,37H,5,12,15,18-22,25H2,1-4H3/b7-6-,10-8-,11-9+/t29?,33?,34-,35?/m0/s1. The Morgan fingerprint density at radius 2 is 1.71 bits per heavy atom. The lowest BCUT2D eigenvalue weighted by molar-refractivity contribution is 0.287. The molecule has 38 heavy (non-hydrogen) atoms. The maximum atomic E-state index is 3.54. The first-order valence-electron chi connectivity index (χ1n) is 15.2. The molecule has 1 fully saturated rings. The van der Waals surface area contributed by atoms with E-state index in [1.807, 2.05) is 0 Å². The van der Waals surface area contributed by atoms with Gasteiger partial charge in [0.1, 0.15) is 0 Å². The van der Waals surface area contributed by atoms with Crippen LogP contribution in [0.25, 0.3) is 0 Å². The average molecular weight is 509 g/mol. The molecule has 1 N–H and O–H groups in total. The second kappa shape index (κ2) is 12.5. The molecule has 5 rings (SSSR count). The summed E-state index contributed by atoms with van der Waals surface area (Å²) in [5, 5.41) is 3.54. The highest BCUT2D eigenvalue weighted by molar-refractivity contribution is 5.49. The Labute approximate surface area is 231 Å². The molecule has 0 aromatic heterocycles. The van der Waals surface area contributed by atoms with E-state index in [1.54, 1.807) is 11.1 Å². The monoisotopic (exact) mass is 508 g/mol. The van der Waals surface area contributed by atoms with Gasteiger partial charge < -0.3 is 10.2 Å². The Balaban J connectivity index is 1.35. The maximum Gasteiger partial charge on any atom is 0.0366 e. The van der Waals surface area contributed by atoms with Crippen LogP contribution in [0.15, 0.2) is 72.9 Å². The van der Waals surface area contributed by atoms with E-state index in [1.165, 1.54) is 67.6 Å². The van der Waals surface area contributed by atoms with E-state index in [-0.39, 0.29) is 0 Å². The van der Waals surface area contributed by atoms with Crippen molar-refractivity contribution < 1.29 is 0 Å². The third-order valence-corrected chi connectivity index (χ3v) is 9.71. The largest absolute Gasteiger partial charge is 0.372 e. The lowest BCUT2D eigenvalue weighted by atomic mass is 9.65. The first-order valence-corrected chi connectivity index (χ1v) is 15.2. The zero-order chi connectivity index (χ0) is 26.5. The van der Waals surface area contributed by atoms with Crippen LogP contribution in [0, 0.1) is 31.6 Å². The zero-order valence-corrected chi connectivity index (χ0v) is 24.1. The Kier molecular flexibility index (Phi) is 8.89. The Morgan fingerprint density at radius 1 is 0.947 bits per heavy atom. The minimum atomic E-state index is 0.569. The molecule has 1 aliphatic heterocycles. The van der Waals surface area contributed by atoms with Crippen molar-refractivity contribution in [1.82, 2.24) is 5.32 Å². The summed E-state index contributed by atoms with van der Waals surface area (Å²) >= 11 is 0. The summed E-state index contributed by atoms with van der Waals surface area (Å²) in [5.41, 5.74) is 9.02. The van der Waals surface area contributed by atoms with Gasteiger partial charge in [0.15, 0.2) is 0 Å². The summed E-state index contributed by atoms with van der Waals surface area (Å²) in [6, 6.07) is 15.2. The van der Waals surface area contributed by atoms with Gasteiger partial charge in [-0.15, -0.1) is 0 Å². The lowest BCUT2D eigenvalue weighted by Gasteiger charge is -2.39. The Morgan fingerprint density at radius 3 is 2.45 bits per heavy atom. The summed E-state index contributed by atoms with van der Waals surface area (Å²) < 4.78 is 0. The van der Waals surface area contributed by atoms with Gasteiger partial charge in [-0.3, -0.25) is 0 Å². The fourth-order valence-corrected chi connectivity index (χ4v) is 7.78. The quantitative estimate of drug-likeness (QED) is 0.406. The van der Waals surface area contributed by atoms with Crippen LogP contribution < -0.4 is 10.2 Å². The molecule has 0 radical (unpaired) electrons. The first kappa shape index (κ1) is 27.0. The van der Waals surface area contributed by atoms with E-state index in [4.69, 9.17) is 0 Å². The topological polar surface area (TPSA) is 15.3 Å². The third-order valence-electron chi connectivity index (χ3n) is 9.71. The van der Waals surface area contributed by atoms with Crippen molar-refractivity contribution in [2.75, 3.05) is 25.0 Å². The van der Waals surface area contributed by atoms with Crippen LogP contribution >= 0.6 is 0 Å². The van der Waals surface area contributed by atoms with Gasteiger partial charge in [0, 0.05) is 24.8 Å². The fraction of sp³-hybridized carbons (Fsp3) is 0.500. The minimum Gasteiger partial charge on any atom is -0.372 e. The van der Waals surface area contributed by atoms with Crippen molar-refractivity contribution in [3.8, 4) is 0 Å². The molecule has 1 heterocycles. The number of hydrogen-bond acceptors (Lipinski definition) is 2. The van der Waals surface area contributed by atoms with Gasteiger partial charge in [-0.1, -0.05) is 73.2 Å². The van der Waals surface area contributed by atoms with Crippen molar-refractivity contribution in [2.24, 2.45) is 17.8 Å². The highest BCUT2D eigenvalue weighted by Gasteiger charge is 2.35. The number of rotatable bonds is 7. The number of nitrogens with one attached hydrogen (secondary N) is 1. The molecular weight excluding hydrogens is 460 g/mol. The predicted octanol–water partition coefficient (Wildman–Crippen LogP) is 8.10. The number of nitrogens with zero attached hydrogens (tertiary/aromatic N) is 1. The number of allylic oxidation sites excluding steroid dienone is 6. The third kappa shape index (κ3) is 6.01. The smallest absolute Gasteiger partial charge is 0.0366 e. The highest BCUT2D eigenvalue weighted by atomic mass is 15.1. The van der Waals surface area contributed by atoms with Crippen molar-refractivity contribution in [3.63, 3.8) is 0 Å². The van der Waals surface area contributed by atoms with Gasteiger partial charge in [0.25, 0.3) is 0 Å². The molecule has 1 saturated heterocycles. The van der Waals surface area contributed by atoms with Crippen LogP contribution in [0.4, 0.5) is 5.69 Å². The van der Waals surface area contributed by atoms with Crippen LogP contribution in [0.5, 0.6) is 0 Å². The first-order chi connectivity index (χ1) is 18.6. The van der Waals surface area contributed by atoms with E-state index >= 15 is 0 Å². The number of piperidine rings is 1. The average Bonchev–Trinajstić information content (AvgIpc) is 2.90. The number of hydrogen-bond donors (Lipinski definition) is 1. The molecule has 2 heteroatoms. The van der Waals surface area contributed by atoms with Gasteiger partial charge in [-0.25, -0.2) is 0 Å². The molecule has 3 aliphatic rings. The summed E-state index contributed by atoms with van der Waals surface area (Å²) in [6.45, 7) is 9.27. The normalized spacial score (nSPS) is 27.2. The molecule has 3 unspecified atom stereocenters. The summed E-state index contributed by atoms with van der Waals surface area (Å²) in [5.74, 6) is 2.65. The van der Waals surface area contributed by atoms with E-state index in [9.17, 15) is 0 Å². The van der Waals surface area contributed by atoms with Crippen LogP contribution in [0.2, 0.25) is 0 Å². The summed E-state index contributed by atoms with van der Waals surface area (Å²) in [7, 11) is 2.12. The number of fused-ring (bicyclic) bond motifs is 1. The molecule has 0 saturated carbocycles. The van der Waals surface area contributed by atoms with E-state index in [0.29, 0.717) is 23.8 Å². The van der Waals surface area contributed by atoms with Gasteiger partial charge in [-0.05, 0) is 124 Å². The Bertz CT molecular complexity index is 1140. The van der Waals surface area contributed by atoms with Gasteiger partial charge in [-0.2, -0.15) is 0 Å². The van der Waals surface area contributed by atoms with Gasteiger partial charge in [0.05, 0.1) is 0 Å². The van der Waals surface area contributed by atoms with Crippen molar-refractivity contribution >= 4 is 5.69 Å². The van der Waals surface area contributed by atoms with E-state index in [0.717, 1.165) is 18.8 Å². The highest BCUT2D eigenvalue weighted by Crippen LogP contribution is 2.45. The van der Waals surface area contributed by atoms with Gasteiger partial charge >= 0.3 is 0 Å². The SMILES string of the molecule is CCC(NC)C1CCN(c2ccc(C[C@@H]3c4c(C)cc(C)cc4CCC3C3/C=C/C=C\C=C/C3)cc2)CC1. The van der Waals surface area contributed by atoms with E-state index < -0.39 is 0 Å². The maximum absolute atomic E-state index is 3.54. The van der Waals surface area contributed by atoms with Crippen LogP contribution in [0.1, 0.15) is 72.8 Å². The molecule has 2 aromatic carbocycles. The second-order valence-corrected chi connectivity index (χ2v) is 12.1. The van der Waals surface area contributed by atoms with E-state index in [2.05, 4.69) is 111 Å². The summed E-state index contributed by atoms with van der Waals surface area (Å²) in [6.07, 6.45) is 22.3. The fourth-order valence-electron chi connectivity index (χ4n) is 7.78. The van der Waals surface area contributed by atoms with Crippen molar-refractivity contribution in [3.05, 3.63) is 101 Å². The second-order valence-electron chi connectivity index (χ2n) is 12.1. The van der Waals surface area contributed by atoms with Crippen molar-refractivity contribution in [2.45, 2.75) is 77.7 Å². The molecule has 0 bridgehead atoms. The van der Waals surface area contributed by atoms with Crippen LogP contribution in [0.3, 0.4) is 0 Å². The molecule has 0 amide bonds. The van der Waals surface area contributed by atoms with Crippen molar-refractivity contribution in [1.29, 1.82) is 0 Å². The Hall–Kier alpha value is -2.58. The molecule has 2 nitrogen and oxygen atoms in total. The number of anilines is 1. The molecule has 2 aromatic rings. The van der Waals surface area contributed by atoms with Gasteiger partial charge in [0.2, 0.25) is 0 Å². The molecular formula is C36H48N2. The zero-order valence-electron chi connectivity index (χ0n) is 24.1. The number of aryl methyl sites for hydroxylation is 3. The predicted molar refractivity (Wildman–Crippen MR) is 164 cm³/mol. The summed E-state index contributed by atoms with van der Waals surface area (Å²) in [4.78, 5) is 2.60. The molecule has 0 spiro atoms. The lowest BCUT2D eigenvalue weighted by Crippen LogP contribution is -2.42. The van der Waals surface area contributed by atoms with Crippen LogP contribution in [-0.4, -0.2) is 26.2 Å². The molecule has 4 atom stereocenters. The number of benzene rings is 2. The minimum absolute atomic E-state index is 0.569. The molecule has 202 valence electrons.